The third-order valence-corrected chi connectivity index (χ3v) is 4.29. The molecule has 118 valence electrons. The number of nitrogens with zero attached hydrogens (tertiary/aromatic N) is 1. The molecule has 4 heteroatoms. The number of hydrogen-bond acceptors (Lipinski definition) is 3. The molecule has 1 rings (SSSR count). The zero-order valence-electron chi connectivity index (χ0n) is 13.8. The highest BCUT2D eigenvalue weighted by atomic mass is 16.3. The van der Waals surface area contributed by atoms with Gasteiger partial charge in [0.05, 0.1) is 11.6 Å². The molecule has 0 aromatic rings. The maximum Gasteiger partial charge on any atom is 0.237 e. The van der Waals surface area contributed by atoms with E-state index >= 15 is 0 Å². The number of likely N-dealkylation sites (N-methyl/N-ethyl adjacent to an activating group) is 1. The first-order valence-corrected chi connectivity index (χ1v) is 7.99. The number of carbonyl (C=O) groups is 1. The van der Waals surface area contributed by atoms with Crippen molar-refractivity contribution in [3.63, 3.8) is 0 Å². The molecule has 0 aromatic heterocycles. The first kappa shape index (κ1) is 17.4. The van der Waals surface area contributed by atoms with E-state index in [2.05, 4.69) is 12.2 Å². The zero-order valence-corrected chi connectivity index (χ0v) is 13.8. The first-order chi connectivity index (χ1) is 9.23. The summed E-state index contributed by atoms with van der Waals surface area (Å²) in [7, 11) is 0. The van der Waals surface area contributed by atoms with Gasteiger partial charge in [-0.25, -0.2) is 0 Å². The lowest BCUT2D eigenvalue weighted by Gasteiger charge is -2.34. The topological polar surface area (TPSA) is 52.6 Å². The van der Waals surface area contributed by atoms with Crippen LogP contribution in [0.3, 0.4) is 0 Å². The summed E-state index contributed by atoms with van der Waals surface area (Å²) in [5.41, 5.74) is -0.773. The molecular formula is C16H32N2O2. The van der Waals surface area contributed by atoms with Crippen LogP contribution in [0.15, 0.2) is 0 Å². The standard InChI is InChI=1S/C16H32N2O2/c1-6-18(11-16(4,5)20)13(3)15(19)17-14-9-7-12(2)8-10-14/h12-14,20H,6-11H2,1-5H3,(H,17,19). The van der Waals surface area contributed by atoms with Crippen LogP contribution in [0, 0.1) is 5.92 Å². The van der Waals surface area contributed by atoms with E-state index in [9.17, 15) is 9.90 Å². The minimum atomic E-state index is -0.773. The Hall–Kier alpha value is -0.610. The summed E-state index contributed by atoms with van der Waals surface area (Å²) in [5.74, 6) is 0.888. The molecule has 0 aliphatic heterocycles. The molecule has 0 saturated heterocycles. The molecule has 1 fully saturated rings. The van der Waals surface area contributed by atoms with Crippen LogP contribution < -0.4 is 5.32 Å². The fourth-order valence-corrected chi connectivity index (χ4v) is 2.91. The van der Waals surface area contributed by atoms with Gasteiger partial charge in [0.1, 0.15) is 0 Å². The summed E-state index contributed by atoms with van der Waals surface area (Å²) in [6.45, 7) is 11.1. The van der Waals surface area contributed by atoms with Crippen molar-refractivity contribution in [1.29, 1.82) is 0 Å². The van der Waals surface area contributed by atoms with Crippen molar-refractivity contribution >= 4 is 5.91 Å². The van der Waals surface area contributed by atoms with Gasteiger partial charge >= 0.3 is 0 Å². The van der Waals surface area contributed by atoms with Crippen molar-refractivity contribution in [2.75, 3.05) is 13.1 Å². The van der Waals surface area contributed by atoms with Gasteiger partial charge < -0.3 is 10.4 Å². The van der Waals surface area contributed by atoms with Crippen LogP contribution >= 0.6 is 0 Å². The Kier molecular flexibility index (Phi) is 6.46. The molecular weight excluding hydrogens is 252 g/mol. The molecule has 1 amide bonds. The molecule has 0 aromatic carbocycles. The van der Waals surface area contributed by atoms with Gasteiger partial charge in [0, 0.05) is 12.6 Å². The number of hydrogen-bond donors (Lipinski definition) is 2. The van der Waals surface area contributed by atoms with Gasteiger partial charge in [0.2, 0.25) is 5.91 Å². The minimum absolute atomic E-state index is 0.0932. The summed E-state index contributed by atoms with van der Waals surface area (Å²) < 4.78 is 0. The quantitative estimate of drug-likeness (QED) is 0.786. The Morgan fingerprint density at radius 3 is 2.35 bits per heavy atom. The van der Waals surface area contributed by atoms with Crippen molar-refractivity contribution in [2.45, 2.75) is 78.0 Å². The van der Waals surface area contributed by atoms with E-state index in [1.807, 2.05) is 18.7 Å². The highest BCUT2D eigenvalue weighted by Gasteiger charge is 2.27. The number of nitrogens with one attached hydrogen (secondary N) is 1. The van der Waals surface area contributed by atoms with Gasteiger partial charge in [0.25, 0.3) is 0 Å². The highest BCUT2D eigenvalue weighted by molar-refractivity contribution is 5.81. The molecule has 1 saturated carbocycles. The summed E-state index contributed by atoms with van der Waals surface area (Å²) >= 11 is 0. The smallest absolute Gasteiger partial charge is 0.237 e. The van der Waals surface area contributed by atoms with Gasteiger partial charge in [-0.3, -0.25) is 9.69 Å². The third-order valence-electron chi connectivity index (χ3n) is 4.29. The molecule has 0 radical (unpaired) electrons. The van der Waals surface area contributed by atoms with Crippen LogP contribution in [0.5, 0.6) is 0 Å². The molecule has 0 bridgehead atoms. The molecule has 1 atom stereocenters. The van der Waals surface area contributed by atoms with E-state index in [-0.39, 0.29) is 11.9 Å². The van der Waals surface area contributed by atoms with Crippen molar-refractivity contribution in [3.8, 4) is 0 Å². The normalized spacial score (nSPS) is 25.6. The fraction of sp³-hybridized carbons (Fsp3) is 0.938. The molecule has 1 aliphatic carbocycles. The van der Waals surface area contributed by atoms with Gasteiger partial charge in [-0.05, 0) is 58.9 Å². The number of carbonyl (C=O) groups excluding carboxylic acids is 1. The lowest BCUT2D eigenvalue weighted by Crippen LogP contribution is -2.52. The zero-order chi connectivity index (χ0) is 15.3. The fourth-order valence-electron chi connectivity index (χ4n) is 2.91. The monoisotopic (exact) mass is 284 g/mol. The summed E-state index contributed by atoms with van der Waals surface area (Å²) in [4.78, 5) is 14.4. The first-order valence-electron chi connectivity index (χ1n) is 7.99. The lowest BCUT2D eigenvalue weighted by molar-refractivity contribution is -0.127. The van der Waals surface area contributed by atoms with Crippen LogP contribution in [-0.2, 0) is 4.79 Å². The summed E-state index contributed by atoms with van der Waals surface area (Å²) in [6, 6.07) is 0.146. The van der Waals surface area contributed by atoms with Crippen LogP contribution in [0.2, 0.25) is 0 Å². The minimum Gasteiger partial charge on any atom is -0.389 e. The molecule has 4 nitrogen and oxygen atoms in total. The van der Waals surface area contributed by atoms with E-state index in [0.717, 1.165) is 25.3 Å². The number of rotatable bonds is 6. The SMILES string of the molecule is CCN(CC(C)(C)O)C(C)C(=O)NC1CCC(C)CC1. The van der Waals surface area contributed by atoms with Crippen LogP contribution in [0.1, 0.15) is 60.3 Å². The second-order valence-electron chi connectivity index (χ2n) is 7.02. The Balaban J connectivity index is 2.48. The molecule has 0 spiro atoms. The van der Waals surface area contributed by atoms with E-state index in [1.54, 1.807) is 13.8 Å². The van der Waals surface area contributed by atoms with Crippen molar-refractivity contribution in [3.05, 3.63) is 0 Å². The van der Waals surface area contributed by atoms with Gasteiger partial charge in [-0.15, -0.1) is 0 Å². The number of aliphatic hydroxyl groups is 1. The molecule has 2 N–H and O–H groups in total. The Morgan fingerprint density at radius 1 is 1.35 bits per heavy atom. The maximum absolute atomic E-state index is 12.3. The van der Waals surface area contributed by atoms with E-state index in [1.165, 1.54) is 12.8 Å². The van der Waals surface area contributed by atoms with Gasteiger partial charge in [0.15, 0.2) is 0 Å². The molecule has 1 aliphatic rings. The van der Waals surface area contributed by atoms with Crippen molar-refractivity contribution in [2.24, 2.45) is 5.92 Å². The summed E-state index contributed by atoms with van der Waals surface area (Å²) in [5, 5.41) is 13.1. The second kappa shape index (κ2) is 7.41. The Labute approximate surface area is 123 Å². The van der Waals surface area contributed by atoms with Crippen molar-refractivity contribution in [1.82, 2.24) is 10.2 Å². The van der Waals surface area contributed by atoms with Gasteiger partial charge in [-0.2, -0.15) is 0 Å². The van der Waals surface area contributed by atoms with Gasteiger partial charge in [-0.1, -0.05) is 13.8 Å². The number of amides is 1. The van der Waals surface area contributed by atoms with E-state index in [0.29, 0.717) is 12.6 Å². The average molecular weight is 284 g/mol. The van der Waals surface area contributed by atoms with Crippen LogP contribution in [-0.4, -0.2) is 46.7 Å². The molecule has 20 heavy (non-hydrogen) atoms. The predicted molar refractivity (Wildman–Crippen MR) is 82.6 cm³/mol. The van der Waals surface area contributed by atoms with Crippen LogP contribution in [0.4, 0.5) is 0 Å². The average Bonchev–Trinajstić information content (AvgIpc) is 2.36. The van der Waals surface area contributed by atoms with Crippen LogP contribution in [0.25, 0.3) is 0 Å². The Bertz CT molecular complexity index is 304. The van der Waals surface area contributed by atoms with E-state index < -0.39 is 5.60 Å². The molecule has 0 heterocycles. The largest absolute Gasteiger partial charge is 0.389 e. The van der Waals surface area contributed by atoms with E-state index in [4.69, 9.17) is 0 Å². The second-order valence-corrected chi connectivity index (χ2v) is 7.02. The lowest BCUT2D eigenvalue weighted by atomic mass is 9.87. The summed E-state index contributed by atoms with van der Waals surface area (Å²) in [6.07, 6.45) is 4.61. The predicted octanol–water partition coefficient (Wildman–Crippen LogP) is 2.16. The van der Waals surface area contributed by atoms with Crippen molar-refractivity contribution < 1.29 is 9.90 Å². The Morgan fingerprint density at radius 2 is 1.90 bits per heavy atom. The molecule has 1 unspecified atom stereocenters. The third kappa shape index (κ3) is 5.80. The highest BCUT2D eigenvalue weighted by Crippen LogP contribution is 2.23. The maximum atomic E-state index is 12.3.